The lowest BCUT2D eigenvalue weighted by Gasteiger charge is -2.10. The highest BCUT2D eigenvalue weighted by atomic mass is 16.4. The number of rotatable bonds is 7. The molecule has 0 saturated heterocycles. The Kier molecular flexibility index (Phi) is 6.13. The van der Waals surface area contributed by atoms with Crippen LogP contribution in [0.4, 0.5) is 0 Å². The maximum atomic E-state index is 11.1. The Labute approximate surface area is 137 Å². The van der Waals surface area contributed by atoms with Crippen molar-refractivity contribution in [2.75, 3.05) is 0 Å². The largest absolute Gasteiger partial charge is 0.481 e. The van der Waals surface area contributed by atoms with Crippen LogP contribution in [0.25, 0.3) is 5.57 Å². The molecule has 0 heterocycles. The fourth-order valence-electron chi connectivity index (χ4n) is 2.39. The summed E-state index contributed by atoms with van der Waals surface area (Å²) in [5, 5.41) is 9.11. The summed E-state index contributed by atoms with van der Waals surface area (Å²) in [6, 6.07) is 19.6. The van der Waals surface area contributed by atoms with Gasteiger partial charge in [0.15, 0.2) is 0 Å². The predicted molar refractivity (Wildman–Crippen MR) is 95.2 cm³/mol. The van der Waals surface area contributed by atoms with Crippen molar-refractivity contribution in [2.45, 2.75) is 12.3 Å². The van der Waals surface area contributed by atoms with Crippen molar-refractivity contribution in [3.8, 4) is 0 Å². The van der Waals surface area contributed by atoms with Crippen molar-refractivity contribution in [1.82, 2.24) is 0 Å². The van der Waals surface area contributed by atoms with Crippen molar-refractivity contribution in [3.05, 3.63) is 103 Å². The lowest BCUT2D eigenvalue weighted by Crippen LogP contribution is -2.03. The number of carbonyl (C=O) groups is 1. The molecule has 2 heteroatoms. The molecule has 23 heavy (non-hydrogen) atoms. The van der Waals surface area contributed by atoms with Crippen LogP contribution in [0.1, 0.15) is 23.5 Å². The Bertz CT molecular complexity index is 697. The van der Waals surface area contributed by atoms with Crippen molar-refractivity contribution in [1.29, 1.82) is 0 Å². The predicted octanol–water partition coefficient (Wildman–Crippen LogP) is 5.07. The molecule has 0 aliphatic carbocycles. The molecule has 2 rings (SSSR count). The molecule has 0 aliphatic rings. The van der Waals surface area contributed by atoms with Gasteiger partial charge in [0, 0.05) is 5.92 Å². The molecule has 0 spiro atoms. The van der Waals surface area contributed by atoms with Crippen LogP contribution in [-0.2, 0) is 4.79 Å². The average Bonchev–Trinajstić information content (AvgIpc) is 2.59. The van der Waals surface area contributed by atoms with Gasteiger partial charge >= 0.3 is 5.97 Å². The first-order chi connectivity index (χ1) is 11.2. The van der Waals surface area contributed by atoms with Gasteiger partial charge in [-0.1, -0.05) is 91.5 Å². The maximum absolute atomic E-state index is 11.1. The molecular formula is C21H20O2. The highest BCUT2D eigenvalue weighted by Crippen LogP contribution is 2.22. The van der Waals surface area contributed by atoms with Crippen molar-refractivity contribution >= 4 is 11.5 Å². The fraction of sp³-hybridized carbons (Fsp3) is 0.0952. The lowest BCUT2D eigenvalue weighted by molar-refractivity contribution is -0.137. The molecule has 1 atom stereocenters. The van der Waals surface area contributed by atoms with Crippen LogP contribution in [0.15, 0.2) is 91.5 Å². The summed E-state index contributed by atoms with van der Waals surface area (Å²) in [5.41, 5.74) is 3.09. The molecule has 0 aliphatic heterocycles. The van der Waals surface area contributed by atoms with Gasteiger partial charge < -0.3 is 5.11 Å². The SMILES string of the molecule is C=C/C(=C\C=C\[C@@H](CC(=O)O)c1ccccc1)c1ccccc1. The first-order valence-electron chi connectivity index (χ1n) is 7.54. The van der Waals surface area contributed by atoms with Gasteiger partial charge in [-0.15, -0.1) is 0 Å². The van der Waals surface area contributed by atoms with Gasteiger partial charge in [-0.2, -0.15) is 0 Å². The summed E-state index contributed by atoms with van der Waals surface area (Å²) in [5.74, 6) is -0.953. The Morgan fingerprint density at radius 2 is 1.65 bits per heavy atom. The minimum absolute atomic E-state index is 0.0725. The molecule has 0 aromatic heterocycles. The van der Waals surface area contributed by atoms with E-state index in [1.807, 2.05) is 78.9 Å². The van der Waals surface area contributed by atoms with E-state index in [2.05, 4.69) is 6.58 Å². The third-order valence-corrected chi connectivity index (χ3v) is 3.57. The van der Waals surface area contributed by atoms with Crippen molar-refractivity contribution < 1.29 is 9.90 Å². The molecule has 2 aromatic carbocycles. The zero-order valence-electron chi connectivity index (χ0n) is 12.9. The summed E-state index contributed by atoms with van der Waals surface area (Å²) < 4.78 is 0. The Morgan fingerprint density at radius 3 is 2.22 bits per heavy atom. The maximum Gasteiger partial charge on any atom is 0.304 e. The van der Waals surface area contributed by atoms with E-state index in [1.54, 1.807) is 6.08 Å². The van der Waals surface area contributed by atoms with E-state index in [0.717, 1.165) is 16.7 Å². The van der Waals surface area contributed by atoms with E-state index in [9.17, 15) is 4.79 Å². The van der Waals surface area contributed by atoms with Gasteiger partial charge in [-0.05, 0) is 16.7 Å². The first kappa shape index (κ1) is 16.5. The van der Waals surface area contributed by atoms with Crippen LogP contribution >= 0.6 is 0 Å². The minimum atomic E-state index is -0.806. The molecule has 0 unspecified atom stereocenters. The number of carboxylic acids is 1. The van der Waals surface area contributed by atoms with Crippen LogP contribution in [0.5, 0.6) is 0 Å². The fourth-order valence-corrected chi connectivity index (χ4v) is 2.39. The summed E-state index contributed by atoms with van der Waals surface area (Å²) in [4.78, 5) is 11.1. The first-order valence-corrected chi connectivity index (χ1v) is 7.54. The molecule has 2 nitrogen and oxygen atoms in total. The van der Waals surface area contributed by atoms with E-state index in [-0.39, 0.29) is 12.3 Å². The smallest absolute Gasteiger partial charge is 0.304 e. The molecule has 2 aromatic rings. The number of benzene rings is 2. The van der Waals surface area contributed by atoms with Gasteiger partial charge in [0.1, 0.15) is 0 Å². The number of allylic oxidation sites excluding steroid dienone is 5. The molecule has 0 amide bonds. The van der Waals surface area contributed by atoms with Gasteiger partial charge in [0.2, 0.25) is 0 Å². The highest BCUT2D eigenvalue weighted by Gasteiger charge is 2.11. The van der Waals surface area contributed by atoms with Crippen LogP contribution in [0.2, 0.25) is 0 Å². The second-order valence-electron chi connectivity index (χ2n) is 5.19. The summed E-state index contributed by atoms with van der Waals surface area (Å²) in [7, 11) is 0. The Hall–Kier alpha value is -2.87. The monoisotopic (exact) mass is 304 g/mol. The van der Waals surface area contributed by atoms with E-state index in [0.29, 0.717) is 0 Å². The zero-order valence-corrected chi connectivity index (χ0v) is 12.9. The Morgan fingerprint density at radius 1 is 1.04 bits per heavy atom. The molecule has 0 saturated carbocycles. The highest BCUT2D eigenvalue weighted by molar-refractivity contribution is 5.74. The van der Waals surface area contributed by atoms with E-state index in [1.165, 1.54) is 0 Å². The molecule has 0 fully saturated rings. The molecule has 0 bridgehead atoms. The van der Waals surface area contributed by atoms with Crippen LogP contribution < -0.4 is 0 Å². The molecule has 0 radical (unpaired) electrons. The molecular weight excluding hydrogens is 284 g/mol. The second kappa shape index (κ2) is 8.54. The Balaban J connectivity index is 2.21. The lowest BCUT2D eigenvalue weighted by atomic mass is 9.95. The summed E-state index contributed by atoms with van der Waals surface area (Å²) in [6.45, 7) is 3.85. The molecule has 116 valence electrons. The van der Waals surface area contributed by atoms with Gasteiger partial charge in [0.05, 0.1) is 6.42 Å². The minimum Gasteiger partial charge on any atom is -0.481 e. The summed E-state index contributed by atoms with van der Waals surface area (Å²) in [6.07, 6.45) is 7.66. The van der Waals surface area contributed by atoms with Gasteiger partial charge in [-0.3, -0.25) is 4.79 Å². The number of carboxylic acid groups (broad SMARTS) is 1. The van der Waals surface area contributed by atoms with Crippen molar-refractivity contribution in [3.63, 3.8) is 0 Å². The average molecular weight is 304 g/mol. The number of hydrogen-bond donors (Lipinski definition) is 1. The van der Waals surface area contributed by atoms with E-state index >= 15 is 0 Å². The van der Waals surface area contributed by atoms with Crippen LogP contribution in [0.3, 0.4) is 0 Å². The summed E-state index contributed by atoms with van der Waals surface area (Å²) >= 11 is 0. The van der Waals surface area contributed by atoms with Crippen LogP contribution in [-0.4, -0.2) is 11.1 Å². The van der Waals surface area contributed by atoms with E-state index < -0.39 is 5.97 Å². The van der Waals surface area contributed by atoms with E-state index in [4.69, 9.17) is 5.11 Å². The molecule has 1 N–H and O–H groups in total. The quantitative estimate of drug-likeness (QED) is 0.725. The third kappa shape index (κ3) is 5.11. The zero-order chi connectivity index (χ0) is 16.5. The van der Waals surface area contributed by atoms with Gasteiger partial charge in [0.25, 0.3) is 0 Å². The normalized spacial score (nSPS) is 13.0. The number of aliphatic carboxylic acids is 1. The standard InChI is InChI=1S/C21H20O2/c1-2-17(18-10-5-3-6-11-18)14-9-15-20(16-21(22)23)19-12-7-4-8-13-19/h2-15,20H,1,16H2,(H,22,23)/b15-9+,17-14+/t20-/m0/s1. The van der Waals surface area contributed by atoms with Crippen molar-refractivity contribution in [2.24, 2.45) is 0 Å². The third-order valence-electron chi connectivity index (χ3n) is 3.57. The van der Waals surface area contributed by atoms with Gasteiger partial charge in [-0.25, -0.2) is 0 Å². The number of hydrogen-bond acceptors (Lipinski definition) is 1. The van der Waals surface area contributed by atoms with Crippen LogP contribution in [0, 0.1) is 0 Å². The topological polar surface area (TPSA) is 37.3 Å². The second-order valence-corrected chi connectivity index (χ2v) is 5.19.